The van der Waals surface area contributed by atoms with E-state index in [0.29, 0.717) is 13.1 Å². The number of aryl methyl sites for hydroxylation is 1. The van der Waals surface area contributed by atoms with Crippen LogP contribution in [0.2, 0.25) is 0 Å². The van der Waals surface area contributed by atoms with Crippen LogP contribution >= 0.6 is 0 Å². The lowest BCUT2D eigenvalue weighted by Gasteiger charge is -2.19. The number of anilines is 1. The van der Waals surface area contributed by atoms with Crippen molar-refractivity contribution < 1.29 is 9.53 Å². The summed E-state index contributed by atoms with van der Waals surface area (Å²) in [4.78, 5) is 15.9. The first kappa shape index (κ1) is 19.3. The van der Waals surface area contributed by atoms with Gasteiger partial charge in [-0.25, -0.2) is 10.2 Å². The van der Waals surface area contributed by atoms with Gasteiger partial charge in [0.05, 0.1) is 18.5 Å². The number of para-hydroxylation sites is 1. The van der Waals surface area contributed by atoms with Crippen LogP contribution in [0.15, 0.2) is 60.7 Å². The van der Waals surface area contributed by atoms with Gasteiger partial charge in [-0.15, -0.1) is 0 Å². The maximum absolute atomic E-state index is 12.3. The molecule has 0 saturated carbocycles. The smallest absolute Gasteiger partial charge is 0.335 e. The first-order valence-electron chi connectivity index (χ1n) is 9.09. The number of carbonyl (C=O) groups excluding carboxylic acids is 1. The van der Waals surface area contributed by atoms with Crippen LogP contribution in [0.1, 0.15) is 5.69 Å². The minimum atomic E-state index is -0.306. The molecule has 0 unspecified atom stereocenters. The minimum Gasteiger partial charge on any atom is -0.497 e. The molecule has 0 radical (unpaired) electrons. The average molecular weight is 379 g/mol. The number of amides is 2. The molecule has 28 heavy (non-hydrogen) atoms. The number of methoxy groups -OCH3 is 1. The molecule has 146 valence electrons. The molecular weight excluding hydrogens is 354 g/mol. The van der Waals surface area contributed by atoms with Crippen LogP contribution in [0.5, 0.6) is 5.75 Å². The number of nitrogens with zero attached hydrogens (tertiary/aromatic N) is 3. The maximum atomic E-state index is 12.3. The second kappa shape index (κ2) is 8.94. The number of nitrogens with one attached hydrogen (secondary N) is 2. The van der Waals surface area contributed by atoms with E-state index in [4.69, 9.17) is 4.74 Å². The van der Waals surface area contributed by atoms with E-state index in [1.165, 1.54) is 4.79 Å². The number of ether oxygens (including phenoxy) is 1. The summed E-state index contributed by atoms with van der Waals surface area (Å²) in [6, 6.07) is 19.3. The van der Waals surface area contributed by atoms with E-state index >= 15 is 0 Å². The largest absolute Gasteiger partial charge is 0.497 e. The number of rotatable bonds is 7. The number of urea groups is 1. The number of benzene rings is 2. The number of likely N-dealkylation sites (N-methyl/N-ethyl adjacent to an activating group) is 1. The summed E-state index contributed by atoms with van der Waals surface area (Å²) >= 11 is 0. The average Bonchev–Trinajstić information content (AvgIpc) is 3.08. The van der Waals surface area contributed by atoms with Crippen molar-refractivity contribution >= 4 is 11.7 Å². The van der Waals surface area contributed by atoms with Crippen molar-refractivity contribution in [2.24, 2.45) is 0 Å². The van der Waals surface area contributed by atoms with Gasteiger partial charge >= 0.3 is 6.03 Å². The summed E-state index contributed by atoms with van der Waals surface area (Å²) in [5.41, 5.74) is 6.44. The molecule has 0 bridgehead atoms. The topological polar surface area (TPSA) is 71.4 Å². The van der Waals surface area contributed by atoms with Gasteiger partial charge < -0.3 is 15.0 Å². The van der Waals surface area contributed by atoms with Crippen LogP contribution in [0.25, 0.3) is 11.3 Å². The Morgan fingerprint density at radius 3 is 2.54 bits per heavy atom. The standard InChI is InChI=1S/C21H25N5O2/c1-16-15-20(17-9-11-19(28-3)12-10-17)26(23-16)24-21(27)22-13-14-25(2)18-7-5-4-6-8-18/h4-12,15H,13-14H2,1-3H3,(H2,22,24,27). The molecule has 0 aliphatic rings. The van der Waals surface area contributed by atoms with Crippen LogP contribution in [-0.4, -0.2) is 43.2 Å². The molecule has 0 atom stereocenters. The highest BCUT2D eigenvalue weighted by Crippen LogP contribution is 2.22. The quantitative estimate of drug-likeness (QED) is 0.661. The number of hydrogen-bond acceptors (Lipinski definition) is 4. The second-order valence-corrected chi connectivity index (χ2v) is 6.44. The van der Waals surface area contributed by atoms with E-state index in [1.807, 2.05) is 74.6 Å². The first-order valence-corrected chi connectivity index (χ1v) is 9.09. The molecule has 3 aromatic rings. The molecule has 2 amide bonds. The van der Waals surface area contributed by atoms with Crippen molar-refractivity contribution in [3.8, 4) is 17.0 Å². The Balaban J connectivity index is 1.58. The highest BCUT2D eigenvalue weighted by molar-refractivity contribution is 5.82. The SMILES string of the molecule is COc1ccc(-c2cc(C)nn2NC(=O)NCCN(C)c2ccccc2)cc1. The van der Waals surface area contributed by atoms with E-state index < -0.39 is 0 Å². The minimum absolute atomic E-state index is 0.306. The summed E-state index contributed by atoms with van der Waals surface area (Å²) in [5.74, 6) is 0.778. The Morgan fingerprint density at radius 2 is 1.86 bits per heavy atom. The lowest BCUT2D eigenvalue weighted by atomic mass is 10.1. The van der Waals surface area contributed by atoms with Crippen molar-refractivity contribution in [2.45, 2.75) is 6.92 Å². The summed E-state index contributed by atoms with van der Waals surface area (Å²) in [7, 11) is 3.62. The maximum Gasteiger partial charge on any atom is 0.335 e. The Kier molecular flexibility index (Phi) is 6.16. The summed E-state index contributed by atoms with van der Waals surface area (Å²) in [6.07, 6.45) is 0. The fraction of sp³-hybridized carbons (Fsp3) is 0.238. The number of carbonyl (C=O) groups is 1. The van der Waals surface area contributed by atoms with E-state index in [0.717, 1.165) is 28.4 Å². The van der Waals surface area contributed by atoms with Crippen molar-refractivity contribution in [1.82, 2.24) is 15.2 Å². The molecule has 1 heterocycles. The van der Waals surface area contributed by atoms with Gasteiger partial charge in [-0.2, -0.15) is 9.89 Å². The second-order valence-electron chi connectivity index (χ2n) is 6.44. The van der Waals surface area contributed by atoms with Gasteiger partial charge in [0.1, 0.15) is 5.75 Å². The summed E-state index contributed by atoms with van der Waals surface area (Å²) < 4.78 is 5.19. The van der Waals surface area contributed by atoms with E-state index in [1.54, 1.807) is 7.11 Å². The van der Waals surface area contributed by atoms with E-state index in [-0.39, 0.29) is 6.03 Å². The molecule has 7 heteroatoms. The van der Waals surface area contributed by atoms with Crippen molar-refractivity contribution in [1.29, 1.82) is 0 Å². The van der Waals surface area contributed by atoms with Crippen LogP contribution in [0.3, 0.4) is 0 Å². The Bertz CT molecular complexity index is 906. The highest BCUT2D eigenvalue weighted by Gasteiger charge is 2.11. The fourth-order valence-electron chi connectivity index (χ4n) is 2.84. The fourth-order valence-corrected chi connectivity index (χ4v) is 2.84. The highest BCUT2D eigenvalue weighted by atomic mass is 16.5. The van der Waals surface area contributed by atoms with Crippen molar-refractivity contribution in [3.63, 3.8) is 0 Å². The van der Waals surface area contributed by atoms with Gasteiger partial charge in [0, 0.05) is 31.4 Å². The van der Waals surface area contributed by atoms with Crippen LogP contribution in [0.4, 0.5) is 10.5 Å². The molecule has 0 aliphatic heterocycles. The molecule has 7 nitrogen and oxygen atoms in total. The zero-order valence-corrected chi connectivity index (χ0v) is 16.3. The molecule has 3 rings (SSSR count). The first-order chi connectivity index (χ1) is 13.6. The van der Waals surface area contributed by atoms with Crippen molar-refractivity contribution in [3.05, 3.63) is 66.4 Å². The normalized spacial score (nSPS) is 10.4. The third-order valence-electron chi connectivity index (χ3n) is 4.35. The van der Waals surface area contributed by atoms with Gasteiger partial charge in [-0.05, 0) is 49.4 Å². The zero-order chi connectivity index (χ0) is 19.9. The lowest BCUT2D eigenvalue weighted by Crippen LogP contribution is -2.39. The molecule has 2 N–H and O–H groups in total. The van der Waals surface area contributed by atoms with Crippen LogP contribution in [0, 0.1) is 6.92 Å². The molecule has 0 fully saturated rings. The monoisotopic (exact) mass is 379 g/mol. The van der Waals surface area contributed by atoms with E-state index in [2.05, 4.69) is 20.7 Å². The van der Waals surface area contributed by atoms with Gasteiger partial charge in [0.2, 0.25) is 0 Å². The number of aromatic nitrogens is 2. The Morgan fingerprint density at radius 1 is 1.14 bits per heavy atom. The third kappa shape index (κ3) is 4.82. The molecule has 0 spiro atoms. The molecule has 0 aliphatic carbocycles. The Hall–Kier alpha value is -3.48. The summed E-state index contributed by atoms with van der Waals surface area (Å²) in [6.45, 7) is 3.09. The Labute approximate surface area is 164 Å². The predicted octanol–water partition coefficient (Wildman–Crippen LogP) is 3.26. The molecule has 1 aromatic heterocycles. The van der Waals surface area contributed by atoms with Gasteiger partial charge in [-0.1, -0.05) is 18.2 Å². The van der Waals surface area contributed by atoms with Gasteiger partial charge in [0.15, 0.2) is 0 Å². The zero-order valence-electron chi connectivity index (χ0n) is 16.3. The lowest BCUT2D eigenvalue weighted by molar-refractivity contribution is 0.249. The molecule has 2 aromatic carbocycles. The molecular formula is C21H25N5O2. The van der Waals surface area contributed by atoms with Crippen LogP contribution < -0.4 is 20.4 Å². The molecule has 0 saturated heterocycles. The van der Waals surface area contributed by atoms with Crippen molar-refractivity contribution in [2.75, 3.05) is 37.6 Å². The van der Waals surface area contributed by atoms with Gasteiger partial charge in [-0.3, -0.25) is 0 Å². The summed E-state index contributed by atoms with van der Waals surface area (Å²) in [5, 5.41) is 7.23. The van der Waals surface area contributed by atoms with E-state index in [9.17, 15) is 4.79 Å². The number of hydrogen-bond donors (Lipinski definition) is 2. The third-order valence-corrected chi connectivity index (χ3v) is 4.35. The predicted molar refractivity (Wildman–Crippen MR) is 111 cm³/mol. The van der Waals surface area contributed by atoms with Gasteiger partial charge in [0.25, 0.3) is 0 Å². The van der Waals surface area contributed by atoms with Crippen LogP contribution in [-0.2, 0) is 0 Å².